The molecule has 0 amide bonds. The SMILES string of the molecule is CC(C)=C1CC([C@H](N)CC(C)C)OC1=O. The summed E-state index contributed by atoms with van der Waals surface area (Å²) in [5, 5.41) is 0. The highest BCUT2D eigenvalue weighted by Crippen LogP contribution is 2.26. The number of ether oxygens (including phenoxy) is 1. The maximum absolute atomic E-state index is 11.5. The number of hydrogen-bond donors (Lipinski definition) is 1. The minimum absolute atomic E-state index is 0.0363. The highest BCUT2D eigenvalue weighted by Gasteiger charge is 2.33. The van der Waals surface area contributed by atoms with E-state index < -0.39 is 0 Å². The Morgan fingerprint density at radius 2 is 2.13 bits per heavy atom. The van der Waals surface area contributed by atoms with Gasteiger partial charge in [-0.25, -0.2) is 4.79 Å². The lowest BCUT2D eigenvalue weighted by Gasteiger charge is -2.19. The summed E-state index contributed by atoms with van der Waals surface area (Å²) in [5.74, 6) is 0.355. The quantitative estimate of drug-likeness (QED) is 0.574. The van der Waals surface area contributed by atoms with Gasteiger partial charge >= 0.3 is 5.97 Å². The van der Waals surface area contributed by atoms with Crippen molar-refractivity contribution >= 4 is 5.97 Å². The zero-order valence-corrected chi connectivity index (χ0v) is 10.0. The molecule has 0 aliphatic carbocycles. The Labute approximate surface area is 91.7 Å². The Morgan fingerprint density at radius 3 is 2.53 bits per heavy atom. The fourth-order valence-corrected chi connectivity index (χ4v) is 1.88. The molecule has 1 aliphatic heterocycles. The largest absolute Gasteiger partial charge is 0.457 e. The van der Waals surface area contributed by atoms with Gasteiger partial charge in [-0.2, -0.15) is 0 Å². The van der Waals surface area contributed by atoms with E-state index in [4.69, 9.17) is 10.5 Å². The third-order valence-electron chi connectivity index (χ3n) is 2.73. The van der Waals surface area contributed by atoms with Crippen LogP contribution in [0.2, 0.25) is 0 Å². The van der Waals surface area contributed by atoms with Gasteiger partial charge in [-0.3, -0.25) is 0 Å². The molecule has 3 heteroatoms. The molecule has 3 nitrogen and oxygen atoms in total. The number of carbonyl (C=O) groups is 1. The highest BCUT2D eigenvalue weighted by molar-refractivity contribution is 5.91. The fraction of sp³-hybridized carbons (Fsp3) is 0.750. The molecule has 1 fully saturated rings. The van der Waals surface area contributed by atoms with E-state index >= 15 is 0 Å². The third-order valence-corrected chi connectivity index (χ3v) is 2.73. The second kappa shape index (κ2) is 4.79. The van der Waals surface area contributed by atoms with Crippen molar-refractivity contribution in [1.29, 1.82) is 0 Å². The van der Waals surface area contributed by atoms with Crippen molar-refractivity contribution in [1.82, 2.24) is 0 Å². The van der Waals surface area contributed by atoms with Crippen LogP contribution in [-0.2, 0) is 9.53 Å². The van der Waals surface area contributed by atoms with Crippen LogP contribution in [0.5, 0.6) is 0 Å². The van der Waals surface area contributed by atoms with Gasteiger partial charge in [0.1, 0.15) is 6.10 Å². The lowest BCUT2D eigenvalue weighted by atomic mass is 9.96. The predicted molar refractivity (Wildman–Crippen MR) is 60.3 cm³/mol. The molecule has 0 aromatic rings. The summed E-state index contributed by atoms with van der Waals surface area (Å²) < 4.78 is 5.28. The van der Waals surface area contributed by atoms with E-state index in [2.05, 4.69) is 13.8 Å². The molecule has 2 atom stereocenters. The highest BCUT2D eigenvalue weighted by atomic mass is 16.6. The van der Waals surface area contributed by atoms with Crippen LogP contribution in [0.25, 0.3) is 0 Å². The third kappa shape index (κ3) is 3.06. The zero-order valence-electron chi connectivity index (χ0n) is 10.0. The number of esters is 1. The molecule has 1 unspecified atom stereocenters. The molecule has 0 bridgehead atoms. The van der Waals surface area contributed by atoms with Crippen LogP contribution in [0.4, 0.5) is 0 Å². The van der Waals surface area contributed by atoms with Gasteiger partial charge in [0, 0.05) is 18.0 Å². The standard InChI is InChI=1S/C12H21NO2/c1-7(2)5-10(13)11-6-9(8(3)4)12(14)15-11/h7,10-11H,5-6,13H2,1-4H3/t10-,11?/m1/s1. The van der Waals surface area contributed by atoms with Crippen molar-refractivity contribution < 1.29 is 9.53 Å². The smallest absolute Gasteiger partial charge is 0.334 e. The van der Waals surface area contributed by atoms with Crippen molar-refractivity contribution in [2.45, 2.75) is 52.7 Å². The lowest BCUT2D eigenvalue weighted by Crippen LogP contribution is -2.35. The second-order valence-electron chi connectivity index (χ2n) is 4.92. The molecular formula is C12H21NO2. The van der Waals surface area contributed by atoms with Gasteiger partial charge < -0.3 is 10.5 Å². The van der Waals surface area contributed by atoms with Crippen LogP contribution in [0.3, 0.4) is 0 Å². The minimum atomic E-state index is -0.181. The van der Waals surface area contributed by atoms with Crippen molar-refractivity contribution in [3.8, 4) is 0 Å². The van der Waals surface area contributed by atoms with E-state index in [1.807, 2.05) is 13.8 Å². The summed E-state index contributed by atoms with van der Waals surface area (Å²) in [7, 11) is 0. The maximum Gasteiger partial charge on any atom is 0.334 e. The molecule has 0 saturated carbocycles. The fourth-order valence-electron chi connectivity index (χ4n) is 1.88. The Bertz CT molecular complexity index is 277. The zero-order chi connectivity index (χ0) is 11.6. The molecule has 86 valence electrons. The van der Waals surface area contributed by atoms with Gasteiger partial charge in [0.25, 0.3) is 0 Å². The van der Waals surface area contributed by atoms with Crippen LogP contribution < -0.4 is 5.73 Å². The molecule has 1 saturated heterocycles. The molecule has 1 heterocycles. The summed E-state index contributed by atoms with van der Waals surface area (Å²) in [6, 6.07) is -0.0363. The molecule has 0 aromatic heterocycles. The van der Waals surface area contributed by atoms with Gasteiger partial charge in [-0.05, 0) is 26.2 Å². The van der Waals surface area contributed by atoms with E-state index in [1.165, 1.54) is 0 Å². The van der Waals surface area contributed by atoms with Gasteiger partial charge in [-0.15, -0.1) is 0 Å². The first kappa shape index (κ1) is 12.2. The molecule has 0 spiro atoms. The number of cyclic esters (lactones) is 1. The Kier molecular flexibility index (Phi) is 3.91. The molecule has 0 aromatic carbocycles. The van der Waals surface area contributed by atoms with Crippen molar-refractivity contribution in [2.24, 2.45) is 11.7 Å². The Morgan fingerprint density at radius 1 is 1.53 bits per heavy atom. The van der Waals surface area contributed by atoms with E-state index in [1.54, 1.807) is 0 Å². The van der Waals surface area contributed by atoms with E-state index in [0.29, 0.717) is 12.3 Å². The van der Waals surface area contributed by atoms with Crippen LogP contribution in [0.15, 0.2) is 11.1 Å². The van der Waals surface area contributed by atoms with Gasteiger partial charge in [0.15, 0.2) is 0 Å². The first-order valence-corrected chi connectivity index (χ1v) is 5.54. The molecule has 0 radical (unpaired) electrons. The molecule has 1 aliphatic rings. The minimum Gasteiger partial charge on any atom is -0.457 e. The summed E-state index contributed by atoms with van der Waals surface area (Å²) in [6.07, 6.45) is 1.45. The monoisotopic (exact) mass is 211 g/mol. The number of rotatable bonds is 3. The predicted octanol–water partition coefficient (Wildman–Crippen LogP) is 2.01. The van der Waals surface area contributed by atoms with E-state index in [-0.39, 0.29) is 18.1 Å². The summed E-state index contributed by atoms with van der Waals surface area (Å²) >= 11 is 0. The van der Waals surface area contributed by atoms with Crippen LogP contribution in [0, 0.1) is 5.92 Å². The van der Waals surface area contributed by atoms with Crippen molar-refractivity contribution in [2.75, 3.05) is 0 Å². The lowest BCUT2D eigenvalue weighted by molar-refractivity contribution is -0.139. The molecule has 15 heavy (non-hydrogen) atoms. The maximum atomic E-state index is 11.5. The van der Waals surface area contributed by atoms with Crippen LogP contribution in [-0.4, -0.2) is 18.1 Å². The van der Waals surface area contributed by atoms with Gasteiger partial charge in [0.2, 0.25) is 0 Å². The first-order valence-electron chi connectivity index (χ1n) is 5.54. The van der Waals surface area contributed by atoms with Crippen LogP contribution in [0.1, 0.15) is 40.5 Å². The van der Waals surface area contributed by atoms with E-state index in [0.717, 1.165) is 17.6 Å². The van der Waals surface area contributed by atoms with Gasteiger partial charge in [0.05, 0.1) is 0 Å². The molecular weight excluding hydrogens is 190 g/mol. The topological polar surface area (TPSA) is 52.3 Å². The second-order valence-corrected chi connectivity index (χ2v) is 4.92. The average molecular weight is 211 g/mol. The summed E-state index contributed by atoms with van der Waals surface area (Å²) in [6.45, 7) is 8.12. The number of nitrogens with two attached hydrogens (primary N) is 1. The van der Waals surface area contributed by atoms with Crippen molar-refractivity contribution in [3.63, 3.8) is 0 Å². The average Bonchev–Trinajstić information content (AvgIpc) is 2.46. The van der Waals surface area contributed by atoms with E-state index in [9.17, 15) is 4.79 Å². The van der Waals surface area contributed by atoms with Crippen molar-refractivity contribution in [3.05, 3.63) is 11.1 Å². The number of carbonyl (C=O) groups excluding carboxylic acids is 1. The summed E-state index contributed by atoms with van der Waals surface area (Å²) in [4.78, 5) is 11.5. The first-order chi connectivity index (χ1) is 6.91. The Hall–Kier alpha value is -0.830. The molecule has 1 rings (SSSR count). The normalized spacial score (nSPS) is 23.2. The van der Waals surface area contributed by atoms with Crippen LogP contribution >= 0.6 is 0 Å². The Balaban J connectivity index is 2.63. The summed E-state index contributed by atoms with van der Waals surface area (Å²) in [5.41, 5.74) is 7.85. The number of allylic oxidation sites excluding steroid dienone is 1. The molecule has 2 N–H and O–H groups in total. The number of hydrogen-bond acceptors (Lipinski definition) is 3. The van der Waals surface area contributed by atoms with Gasteiger partial charge in [-0.1, -0.05) is 19.4 Å².